The van der Waals surface area contributed by atoms with Gasteiger partial charge in [-0.25, -0.2) is 0 Å². The summed E-state index contributed by atoms with van der Waals surface area (Å²) in [5, 5.41) is 2.85. The Balaban J connectivity index is 2.70. The van der Waals surface area contributed by atoms with Crippen molar-refractivity contribution in [1.82, 2.24) is 4.90 Å². The average molecular weight is 259 g/mol. The van der Waals surface area contributed by atoms with Gasteiger partial charge in [0.25, 0.3) is 0 Å². The maximum Gasteiger partial charge on any atom is 0.241 e. The highest BCUT2D eigenvalue weighted by Crippen LogP contribution is 2.13. The standard InChI is InChI=1S/C15H21N3O/c1-4-9-18(10-5-2)12(3)15(19)17-14-8-6-7-13(16)11-14/h4-8,11-12H,1-2,9-10,16H2,3H3,(H,17,19). The van der Waals surface area contributed by atoms with Crippen LogP contribution in [-0.2, 0) is 4.79 Å². The van der Waals surface area contributed by atoms with Crippen molar-refractivity contribution in [2.45, 2.75) is 13.0 Å². The van der Waals surface area contributed by atoms with E-state index in [-0.39, 0.29) is 11.9 Å². The third kappa shape index (κ3) is 4.60. The van der Waals surface area contributed by atoms with Crippen molar-refractivity contribution >= 4 is 17.3 Å². The van der Waals surface area contributed by atoms with Crippen molar-refractivity contribution < 1.29 is 4.79 Å². The molecule has 0 bridgehead atoms. The molecule has 0 saturated carbocycles. The Bertz CT molecular complexity index is 446. The average Bonchev–Trinajstić information content (AvgIpc) is 2.37. The van der Waals surface area contributed by atoms with Crippen molar-refractivity contribution in [1.29, 1.82) is 0 Å². The number of nitrogens with one attached hydrogen (secondary N) is 1. The van der Waals surface area contributed by atoms with Crippen LogP contribution in [0.25, 0.3) is 0 Å². The number of hydrogen-bond donors (Lipinski definition) is 2. The van der Waals surface area contributed by atoms with Gasteiger partial charge in [0.15, 0.2) is 0 Å². The molecule has 0 saturated heterocycles. The lowest BCUT2D eigenvalue weighted by Crippen LogP contribution is -2.42. The van der Waals surface area contributed by atoms with Crippen molar-refractivity contribution in [3.8, 4) is 0 Å². The second kappa shape index (κ2) is 7.38. The molecule has 1 atom stereocenters. The van der Waals surface area contributed by atoms with E-state index in [9.17, 15) is 4.79 Å². The third-order valence-electron chi connectivity index (χ3n) is 2.81. The monoisotopic (exact) mass is 259 g/mol. The molecule has 0 heterocycles. The van der Waals surface area contributed by atoms with Crippen LogP contribution >= 0.6 is 0 Å². The van der Waals surface area contributed by atoms with Crippen molar-refractivity contribution in [2.24, 2.45) is 0 Å². The van der Waals surface area contributed by atoms with Crippen LogP contribution in [0, 0.1) is 0 Å². The minimum atomic E-state index is -0.266. The second-order valence-corrected chi connectivity index (χ2v) is 4.32. The fraction of sp³-hybridized carbons (Fsp3) is 0.267. The summed E-state index contributed by atoms with van der Waals surface area (Å²) >= 11 is 0. The van der Waals surface area contributed by atoms with Gasteiger partial charge in [-0.2, -0.15) is 0 Å². The number of anilines is 2. The summed E-state index contributed by atoms with van der Waals surface area (Å²) in [6, 6.07) is 6.86. The normalized spacial score (nSPS) is 11.9. The summed E-state index contributed by atoms with van der Waals surface area (Å²) in [6.07, 6.45) is 3.54. The first-order valence-electron chi connectivity index (χ1n) is 6.20. The smallest absolute Gasteiger partial charge is 0.241 e. The van der Waals surface area contributed by atoms with Gasteiger partial charge in [0, 0.05) is 24.5 Å². The van der Waals surface area contributed by atoms with E-state index in [0.717, 1.165) is 0 Å². The topological polar surface area (TPSA) is 58.4 Å². The molecule has 19 heavy (non-hydrogen) atoms. The highest BCUT2D eigenvalue weighted by atomic mass is 16.2. The third-order valence-corrected chi connectivity index (χ3v) is 2.81. The zero-order valence-electron chi connectivity index (χ0n) is 11.3. The maximum atomic E-state index is 12.2. The first-order chi connectivity index (χ1) is 9.08. The van der Waals surface area contributed by atoms with Crippen LogP contribution < -0.4 is 11.1 Å². The molecule has 1 amide bonds. The minimum Gasteiger partial charge on any atom is -0.399 e. The maximum absolute atomic E-state index is 12.2. The number of rotatable bonds is 7. The molecule has 4 nitrogen and oxygen atoms in total. The first kappa shape index (κ1) is 15.0. The molecule has 0 aliphatic carbocycles. The number of carbonyl (C=O) groups excluding carboxylic acids is 1. The number of nitrogen functional groups attached to an aromatic ring is 1. The van der Waals surface area contributed by atoms with E-state index in [1.807, 2.05) is 17.9 Å². The fourth-order valence-electron chi connectivity index (χ4n) is 1.75. The molecule has 3 N–H and O–H groups in total. The van der Waals surface area contributed by atoms with Gasteiger partial charge < -0.3 is 11.1 Å². The molecule has 0 radical (unpaired) electrons. The minimum absolute atomic E-state index is 0.0747. The second-order valence-electron chi connectivity index (χ2n) is 4.32. The van der Waals surface area contributed by atoms with Gasteiger partial charge >= 0.3 is 0 Å². The van der Waals surface area contributed by atoms with Crippen LogP contribution in [0.4, 0.5) is 11.4 Å². The SMILES string of the molecule is C=CCN(CC=C)C(C)C(=O)Nc1cccc(N)c1. The fourth-order valence-corrected chi connectivity index (χ4v) is 1.75. The molecule has 0 aliphatic rings. The first-order valence-corrected chi connectivity index (χ1v) is 6.20. The highest BCUT2D eigenvalue weighted by Gasteiger charge is 2.19. The highest BCUT2D eigenvalue weighted by molar-refractivity contribution is 5.94. The molecule has 0 aromatic heterocycles. The molecular weight excluding hydrogens is 238 g/mol. The van der Waals surface area contributed by atoms with Crippen LogP contribution in [0.2, 0.25) is 0 Å². The van der Waals surface area contributed by atoms with Gasteiger partial charge in [0.05, 0.1) is 6.04 Å². The van der Waals surface area contributed by atoms with E-state index in [1.165, 1.54) is 0 Å². The number of hydrogen-bond acceptors (Lipinski definition) is 3. The Morgan fingerprint density at radius 2 is 2.05 bits per heavy atom. The quantitative estimate of drug-likeness (QED) is 0.583. The van der Waals surface area contributed by atoms with Crippen LogP contribution in [0.1, 0.15) is 6.92 Å². The summed E-state index contributed by atoms with van der Waals surface area (Å²) in [4.78, 5) is 14.1. The van der Waals surface area contributed by atoms with E-state index >= 15 is 0 Å². The molecule has 1 rings (SSSR count). The van der Waals surface area contributed by atoms with Gasteiger partial charge in [0.2, 0.25) is 5.91 Å². The van der Waals surface area contributed by atoms with Crippen molar-refractivity contribution in [3.05, 3.63) is 49.6 Å². The summed E-state index contributed by atoms with van der Waals surface area (Å²) in [5.74, 6) is -0.0747. The zero-order chi connectivity index (χ0) is 14.3. The lowest BCUT2D eigenvalue weighted by atomic mass is 10.2. The number of carbonyl (C=O) groups is 1. The van der Waals surface area contributed by atoms with E-state index < -0.39 is 0 Å². The lowest BCUT2D eigenvalue weighted by Gasteiger charge is -2.25. The largest absolute Gasteiger partial charge is 0.399 e. The van der Waals surface area contributed by atoms with E-state index in [4.69, 9.17) is 5.73 Å². The Morgan fingerprint density at radius 3 is 2.58 bits per heavy atom. The van der Waals surface area contributed by atoms with E-state index in [2.05, 4.69) is 18.5 Å². The van der Waals surface area contributed by atoms with Crippen molar-refractivity contribution in [3.63, 3.8) is 0 Å². The molecule has 0 spiro atoms. The van der Waals surface area contributed by atoms with Crippen LogP contribution in [-0.4, -0.2) is 29.9 Å². The predicted octanol–water partition coefficient (Wildman–Crippen LogP) is 2.27. The molecular formula is C15H21N3O. The van der Waals surface area contributed by atoms with Gasteiger partial charge in [-0.3, -0.25) is 9.69 Å². The molecule has 102 valence electrons. The molecule has 1 aromatic rings. The number of amides is 1. The molecule has 4 heteroatoms. The summed E-state index contributed by atoms with van der Waals surface area (Å²) < 4.78 is 0. The lowest BCUT2D eigenvalue weighted by molar-refractivity contribution is -0.120. The van der Waals surface area contributed by atoms with Gasteiger partial charge in [-0.15, -0.1) is 13.2 Å². The number of benzene rings is 1. The van der Waals surface area contributed by atoms with Crippen molar-refractivity contribution in [2.75, 3.05) is 24.1 Å². The Morgan fingerprint density at radius 1 is 1.42 bits per heavy atom. The molecule has 1 aromatic carbocycles. The Labute approximate surface area is 114 Å². The zero-order valence-corrected chi connectivity index (χ0v) is 11.3. The number of nitrogens with two attached hydrogens (primary N) is 1. The Hall–Kier alpha value is -2.07. The molecule has 1 unspecified atom stereocenters. The van der Waals surface area contributed by atoms with Crippen LogP contribution in [0.3, 0.4) is 0 Å². The van der Waals surface area contributed by atoms with E-state index in [0.29, 0.717) is 24.5 Å². The number of nitrogens with zero attached hydrogens (tertiary/aromatic N) is 1. The summed E-state index contributed by atoms with van der Waals surface area (Å²) in [5.41, 5.74) is 7.00. The van der Waals surface area contributed by atoms with E-state index in [1.54, 1.807) is 30.4 Å². The molecule has 0 fully saturated rings. The summed E-state index contributed by atoms with van der Waals surface area (Å²) in [6.45, 7) is 10.5. The van der Waals surface area contributed by atoms with Gasteiger partial charge in [-0.1, -0.05) is 18.2 Å². The van der Waals surface area contributed by atoms with Crippen LogP contribution in [0.15, 0.2) is 49.6 Å². The predicted molar refractivity (Wildman–Crippen MR) is 80.9 cm³/mol. The van der Waals surface area contributed by atoms with Crippen LogP contribution in [0.5, 0.6) is 0 Å². The Kier molecular flexibility index (Phi) is 5.82. The van der Waals surface area contributed by atoms with Gasteiger partial charge in [-0.05, 0) is 25.1 Å². The summed E-state index contributed by atoms with van der Waals surface area (Å²) in [7, 11) is 0. The molecule has 0 aliphatic heterocycles. The van der Waals surface area contributed by atoms with Gasteiger partial charge in [0.1, 0.15) is 0 Å².